The predicted molar refractivity (Wildman–Crippen MR) is 561 cm³/mol. The average molecular weight is 2120 g/mol. The first-order valence-corrected chi connectivity index (χ1v) is 48.8. The van der Waals surface area contributed by atoms with Crippen molar-refractivity contribution in [3.8, 4) is 125 Å². The van der Waals surface area contributed by atoms with Crippen LogP contribution in [0.5, 0.6) is 23.0 Å². The molecule has 0 bridgehead atoms. The van der Waals surface area contributed by atoms with Crippen molar-refractivity contribution in [1.29, 1.82) is 0 Å². The fraction of sp³-hybridized carbons (Fsp3) is 0.291. The van der Waals surface area contributed by atoms with Gasteiger partial charge in [0.15, 0.2) is 11.6 Å². The lowest BCUT2D eigenvalue weighted by Crippen LogP contribution is -2.23. The van der Waals surface area contributed by atoms with Crippen LogP contribution in [-0.2, 0) is 48.8 Å². The van der Waals surface area contributed by atoms with Crippen LogP contribution in [0.15, 0.2) is 169 Å². The van der Waals surface area contributed by atoms with E-state index >= 15 is 9.59 Å². The molecule has 16 aromatic heterocycles. The van der Waals surface area contributed by atoms with Crippen molar-refractivity contribution in [1.82, 2.24) is 88.0 Å². The second-order valence-corrected chi connectivity index (χ2v) is 41.2. The maximum Gasteiger partial charge on any atom is 0.277 e. The lowest BCUT2D eigenvalue weighted by atomic mass is 9.92. The van der Waals surface area contributed by atoms with Crippen LogP contribution in [0.2, 0.25) is 10.0 Å². The normalized spacial score (nSPS) is 12.0. The van der Waals surface area contributed by atoms with Crippen molar-refractivity contribution in [2.24, 2.45) is 0 Å². The van der Waals surface area contributed by atoms with Gasteiger partial charge in [0.25, 0.3) is 22.2 Å². The first kappa shape index (κ1) is 104. The number of aliphatic hydroxyl groups is 4. The highest BCUT2D eigenvalue weighted by Crippen LogP contribution is 2.43. The van der Waals surface area contributed by atoms with E-state index in [9.17, 15) is 34.4 Å². The Hall–Kier alpha value is -14.0. The van der Waals surface area contributed by atoms with Crippen LogP contribution >= 0.6 is 55.1 Å². The number of hydrogen-bond acceptors (Lipinski definition) is 26. The summed E-state index contributed by atoms with van der Waals surface area (Å²) in [4.78, 5) is 127. The molecule has 16 heterocycles. The van der Waals surface area contributed by atoms with Crippen LogP contribution in [0.4, 0.5) is 4.39 Å². The molecule has 30 nitrogen and oxygen atoms in total. The maximum atomic E-state index is 15.2. The summed E-state index contributed by atoms with van der Waals surface area (Å²) < 4.78 is 46.7. The molecule has 35 heteroatoms. The van der Waals surface area contributed by atoms with E-state index in [4.69, 9.17) is 107 Å². The Morgan fingerprint density at radius 1 is 0.310 bits per heavy atom. The molecule has 0 atom stereocenters. The van der Waals surface area contributed by atoms with Crippen molar-refractivity contribution in [3.63, 3.8) is 0 Å². The highest BCUT2D eigenvalue weighted by Gasteiger charge is 2.34. The molecule has 4 N–H and O–H groups in total. The molecule has 0 aliphatic rings. The minimum Gasteiger partial charge on any atom is -0.486 e. The number of aryl methyl sites for hydroxylation is 13. The standard InChI is InChI=1S/C110H107Br2Cl2FN18O12/c1-52-27-69(77(116-40-52)48-142-85-31-61(10)130(101(134)91(85)111)81-36-73(120-44-57(81)6)95-56(5)25-26-89(124-95)107(17,18)138)68-35-90(108(19,20)139)125-98(65(68)14)74-37-83(59(8)46-121-74)132-63(12)33-87(93(113)103(132)136)144-50-79-71(29-54(3)42-118-79)97-67(16)99(128-106(127-97)110(23,24)141)75-38-82(58(7)45-122-75)131-62(11)32-86(92(112)102(131)135)143-49-78-70(28-53(2)41-117-78)96-66(15)100(129-105(126-96)109(21,22)140)76-39-84(60(9)47-123-76)133-64(13)34-88(94(114)104(133)137)145-51-80-72(115)30-55(4)43-119-80/h25-47,138-141H,48-51H2,1-24H3. The zero-order valence-corrected chi connectivity index (χ0v) is 89.3. The lowest BCUT2D eigenvalue weighted by Gasteiger charge is -2.23. The highest BCUT2D eigenvalue weighted by atomic mass is 79.9. The van der Waals surface area contributed by atoms with Crippen molar-refractivity contribution in [3.05, 3.63) is 342 Å². The van der Waals surface area contributed by atoms with Gasteiger partial charge in [-0.3, -0.25) is 77.3 Å². The Kier molecular flexibility index (Phi) is 28.8. The van der Waals surface area contributed by atoms with Crippen LogP contribution < -0.4 is 41.2 Å². The van der Waals surface area contributed by atoms with Gasteiger partial charge in [-0.15, -0.1) is 0 Å². The molecule has 0 saturated heterocycles. The van der Waals surface area contributed by atoms with Gasteiger partial charge in [-0.1, -0.05) is 29.3 Å². The molecule has 0 aliphatic carbocycles. The third kappa shape index (κ3) is 20.9. The fourth-order valence-electron chi connectivity index (χ4n) is 17.1. The Labute approximate surface area is 863 Å². The third-order valence-electron chi connectivity index (χ3n) is 25.1. The van der Waals surface area contributed by atoms with Crippen molar-refractivity contribution >= 4 is 55.1 Å². The molecule has 0 aromatic carbocycles. The van der Waals surface area contributed by atoms with Crippen LogP contribution in [-0.4, -0.2) is 108 Å². The second-order valence-electron chi connectivity index (χ2n) is 38.8. The van der Waals surface area contributed by atoms with Gasteiger partial charge in [0.2, 0.25) is 0 Å². The minimum atomic E-state index is -1.62. The largest absolute Gasteiger partial charge is 0.486 e. The van der Waals surface area contributed by atoms with E-state index in [1.165, 1.54) is 26.0 Å². The lowest BCUT2D eigenvalue weighted by molar-refractivity contribution is 0.0684. The van der Waals surface area contributed by atoms with E-state index in [1.54, 1.807) is 186 Å². The van der Waals surface area contributed by atoms with Gasteiger partial charge in [0.1, 0.15) is 102 Å². The van der Waals surface area contributed by atoms with Gasteiger partial charge in [0.05, 0.1) is 108 Å². The molecular formula is C110H107Br2Cl2FN18O12. The Morgan fingerprint density at radius 3 is 0.979 bits per heavy atom. The van der Waals surface area contributed by atoms with E-state index < -0.39 is 44.9 Å². The molecule has 744 valence electrons. The molecule has 0 radical (unpaired) electrons. The van der Waals surface area contributed by atoms with Crippen LogP contribution in [0.25, 0.3) is 102 Å². The molecule has 0 saturated carbocycles. The Bertz CT molecular complexity index is 8250. The van der Waals surface area contributed by atoms with Gasteiger partial charge in [-0.25, -0.2) is 34.3 Å². The number of halogens is 5. The topological polar surface area (TPSA) is 386 Å². The van der Waals surface area contributed by atoms with Crippen LogP contribution in [0, 0.1) is 117 Å². The second kappa shape index (κ2) is 40.2. The number of rotatable bonds is 27. The van der Waals surface area contributed by atoms with Crippen molar-refractivity contribution in [2.45, 2.75) is 215 Å². The highest BCUT2D eigenvalue weighted by molar-refractivity contribution is 9.10. The molecule has 0 spiro atoms. The first-order chi connectivity index (χ1) is 68.2. The summed E-state index contributed by atoms with van der Waals surface area (Å²) in [6.45, 7) is 41.3. The summed E-state index contributed by atoms with van der Waals surface area (Å²) in [6, 6.07) is 26.4. The third-order valence-corrected chi connectivity index (χ3v) is 27.2. The fourth-order valence-corrected chi connectivity index (χ4v) is 18.3. The summed E-state index contributed by atoms with van der Waals surface area (Å²) in [5, 5.41) is 45.8. The summed E-state index contributed by atoms with van der Waals surface area (Å²) in [6.07, 6.45) is 13.2. The summed E-state index contributed by atoms with van der Waals surface area (Å²) in [5.74, 6) is 0.108. The quantitative estimate of drug-likeness (QED) is 0.0371. The molecule has 0 fully saturated rings. The SMILES string of the molecule is Cc1cnc(COc2cc(C)n(-c3cc(-c4nc(C(C)(C)O)nc(-c5cc(C)cnc5COc5cc(C)n(-c6cc(-c7nc(C(C)(C)O)nc(-c8cc(C)cnc8COc8cc(C)n(-c9cc(-c%10nc(C(C)(C)O)cc(-c%11cc(C)cnc%11COc%11cc(C)n(-c%12cc(-c%13nc(C(C)(C)O)ccc%13C)ncc%12C)c(=O)c%11Br)c%10C)ncc9C)c(=O)c8Cl)c7C)ncc6C)c(=O)c5Br)c4C)ncc3C)c(=O)c2Cl)c(F)c1. The van der Waals surface area contributed by atoms with Crippen molar-refractivity contribution in [2.75, 3.05) is 0 Å². The van der Waals surface area contributed by atoms with Gasteiger partial charge >= 0.3 is 0 Å². The van der Waals surface area contributed by atoms with E-state index in [-0.39, 0.29) is 91.3 Å². The number of pyridine rings is 14. The van der Waals surface area contributed by atoms with Crippen LogP contribution in [0.3, 0.4) is 0 Å². The van der Waals surface area contributed by atoms with E-state index in [0.29, 0.717) is 192 Å². The number of aromatic nitrogens is 18. The van der Waals surface area contributed by atoms with Gasteiger partial charge < -0.3 is 39.4 Å². The molecular weight excluding hydrogens is 2020 g/mol. The first-order valence-electron chi connectivity index (χ1n) is 46.5. The van der Waals surface area contributed by atoms with E-state index in [0.717, 1.165) is 27.8 Å². The van der Waals surface area contributed by atoms with E-state index in [2.05, 4.69) is 36.8 Å². The van der Waals surface area contributed by atoms with Gasteiger partial charge in [-0.05, 0) is 320 Å². The molecule has 145 heavy (non-hydrogen) atoms. The molecule has 0 unspecified atom stereocenters. The maximum absolute atomic E-state index is 15.2. The smallest absolute Gasteiger partial charge is 0.277 e. The van der Waals surface area contributed by atoms with Crippen LogP contribution in [0.1, 0.15) is 191 Å². The zero-order chi connectivity index (χ0) is 105. The monoisotopic (exact) mass is 2120 g/mol. The Balaban J connectivity index is 0.660. The molecule has 16 aromatic rings. The summed E-state index contributed by atoms with van der Waals surface area (Å²) >= 11 is 21.2. The number of hydrogen-bond donors (Lipinski definition) is 4. The van der Waals surface area contributed by atoms with E-state index in [1.807, 2.05) is 113 Å². The summed E-state index contributed by atoms with van der Waals surface area (Å²) in [7, 11) is 0. The van der Waals surface area contributed by atoms with Gasteiger partial charge in [-0.2, -0.15) is 0 Å². The number of ether oxygens (including phenoxy) is 4. The van der Waals surface area contributed by atoms with Crippen molar-refractivity contribution < 1.29 is 43.8 Å². The Morgan fingerprint density at radius 2 is 0.614 bits per heavy atom. The van der Waals surface area contributed by atoms with Gasteiger partial charge in [0, 0.05) is 124 Å². The minimum absolute atomic E-state index is 0.0416. The molecule has 0 aliphatic heterocycles. The molecule has 0 amide bonds. The summed E-state index contributed by atoms with van der Waals surface area (Å²) in [5.41, 5.74) is 12.4. The number of nitrogens with zero attached hydrogens (tertiary/aromatic N) is 18. The zero-order valence-electron chi connectivity index (χ0n) is 84.6. The average Bonchev–Trinajstić information content (AvgIpc) is 0.759. The molecule has 16 rings (SSSR count). The predicted octanol–water partition coefficient (Wildman–Crippen LogP) is 20.6.